The topological polar surface area (TPSA) is 127 Å². The molecule has 4 heterocycles. The SMILES string of the molecule is Cc1nc(C)c(S(=O)(=O)Nc2cc(-c3ccc4ncn(C5CC(C(=O)N6CCCC6)C5)c(=O)c4c3)cnc2C)s1. The maximum absolute atomic E-state index is 13.5. The number of aromatic nitrogens is 4. The number of anilines is 1. The number of benzene rings is 1. The molecule has 12 heteroatoms. The smallest absolute Gasteiger partial charge is 0.273 e. The molecule has 1 saturated heterocycles. The zero-order valence-corrected chi connectivity index (χ0v) is 24.2. The molecular weight excluding hydrogens is 548 g/mol. The Hall–Kier alpha value is -3.64. The van der Waals surface area contributed by atoms with Crippen LogP contribution in [-0.2, 0) is 14.8 Å². The van der Waals surface area contributed by atoms with Crippen molar-refractivity contribution < 1.29 is 13.2 Å². The molecule has 208 valence electrons. The summed E-state index contributed by atoms with van der Waals surface area (Å²) >= 11 is 1.12. The number of rotatable bonds is 6. The Morgan fingerprint density at radius 2 is 1.77 bits per heavy atom. The molecule has 6 rings (SSSR count). The molecule has 1 aliphatic carbocycles. The second-order valence-electron chi connectivity index (χ2n) is 10.6. The van der Waals surface area contributed by atoms with Gasteiger partial charge in [-0.05, 0) is 70.2 Å². The molecule has 2 aliphatic rings. The van der Waals surface area contributed by atoms with Crippen LogP contribution in [0.4, 0.5) is 5.69 Å². The van der Waals surface area contributed by atoms with E-state index < -0.39 is 10.0 Å². The monoisotopic (exact) mass is 578 g/mol. The number of fused-ring (bicyclic) bond motifs is 1. The number of carbonyl (C=O) groups is 1. The average molecular weight is 579 g/mol. The molecule has 0 bridgehead atoms. The normalized spacial score (nSPS) is 19.1. The number of aryl methyl sites for hydroxylation is 3. The molecule has 1 amide bonds. The lowest BCUT2D eigenvalue weighted by molar-refractivity contribution is -0.138. The van der Waals surface area contributed by atoms with Gasteiger partial charge in [0.05, 0.1) is 39.3 Å². The summed E-state index contributed by atoms with van der Waals surface area (Å²) in [6.45, 7) is 6.84. The predicted octanol–water partition coefficient (Wildman–Crippen LogP) is 4.21. The van der Waals surface area contributed by atoms with Gasteiger partial charge < -0.3 is 4.90 Å². The molecule has 0 unspecified atom stereocenters. The lowest BCUT2D eigenvalue weighted by atomic mass is 9.79. The minimum atomic E-state index is -3.84. The lowest BCUT2D eigenvalue weighted by Gasteiger charge is -2.37. The minimum Gasteiger partial charge on any atom is -0.342 e. The highest BCUT2D eigenvalue weighted by atomic mass is 32.2. The van der Waals surface area contributed by atoms with E-state index >= 15 is 0 Å². The summed E-state index contributed by atoms with van der Waals surface area (Å²) in [5.41, 5.74) is 3.14. The van der Waals surface area contributed by atoms with Gasteiger partial charge in [0.25, 0.3) is 15.6 Å². The van der Waals surface area contributed by atoms with E-state index in [2.05, 4.69) is 19.7 Å². The van der Waals surface area contributed by atoms with Crippen LogP contribution in [0.1, 0.15) is 48.1 Å². The quantitative estimate of drug-likeness (QED) is 0.363. The second-order valence-corrected chi connectivity index (χ2v) is 13.7. The van der Waals surface area contributed by atoms with E-state index in [0.29, 0.717) is 51.4 Å². The van der Waals surface area contributed by atoms with Crippen molar-refractivity contribution in [2.24, 2.45) is 5.92 Å². The maximum atomic E-state index is 13.5. The van der Waals surface area contributed by atoms with E-state index in [1.54, 1.807) is 56.1 Å². The number of nitrogens with one attached hydrogen (secondary N) is 1. The lowest BCUT2D eigenvalue weighted by Crippen LogP contribution is -2.43. The Kier molecular flexibility index (Phi) is 6.70. The van der Waals surface area contributed by atoms with Crippen molar-refractivity contribution in [2.75, 3.05) is 17.8 Å². The van der Waals surface area contributed by atoms with Gasteiger partial charge in [0, 0.05) is 36.8 Å². The van der Waals surface area contributed by atoms with Gasteiger partial charge in [-0.25, -0.2) is 18.4 Å². The van der Waals surface area contributed by atoms with Crippen LogP contribution < -0.4 is 10.3 Å². The number of amides is 1. The van der Waals surface area contributed by atoms with Gasteiger partial charge in [-0.2, -0.15) is 0 Å². The van der Waals surface area contributed by atoms with Crippen molar-refractivity contribution in [3.63, 3.8) is 0 Å². The summed E-state index contributed by atoms with van der Waals surface area (Å²) in [5, 5.41) is 1.14. The van der Waals surface area contributed by atoms with Crippen molar-refractivity contribution in [1.29, 1.82) is 0 Å². The van der Waals surface area contributed by atoms with Crippen LogP contribution in [-0.4, -0.2) is 51.8 Å². The van der Waals surface area contributed by atoms with Crippen LogP contribution in [0.25, 0.3) is 22.0 Å². The maximum Gasteiger partial charge on any atom is 0.273 e. The highest BCUT2D eigenvalue weighted by Gasteiger charge is 2.39. The van der Waals surface area contributed by atoms with Crippen LogP contribution in [0, 0.1) is 26.7 Å². The van der Waals surface area contributed by atoms with E-state index in [0.717, 1.165) is 42.8 Å². The van der Waals surface area contributed by atoms with E-state index in [1.807, 2.05) is 11.0 Å². The number of sulfonamides is 1. The summed E-state index contributed by atoms with van der Waals surface area (Å²) < 4.78 is 30.6. The Balaban J connectivity index is 1.27. The zero-order chi connectivity index (χ0) is 28.2. The van der Waals surface area contributed by atoms with Crippen molar-refractivity contribution in [1.82, 2.24) is 24.4 Å². The van der Waals surface area contributed by atoms with E-state index in [1.165, 1.54) is 0 Å². The summed E-state index contributed by atoms with van der Waals surface area (Å²) in [5.74, 6) is 0.173. The third-order valence-corrected chi connectivity index (χ3v) is 10.9. The summed E-state index contributed by atoms with van der Waals surface area (Å²) in [6, 6.07) is 7.07. The highest BCUT2D eigenvalue weighted by molar-refractivity contribution is 7.94. The number of hydrogen-bond donors (Lipinski definition) is 1. The van der Waals surface area contributed by atoms with Crippen molar-refractivity contribution in [3.8, 4) is 11.1 Å². The van der Waals surface area contributed by atoms with Gasteiger partial charge >= 0.3 is 0 Å². The summed E-state index contributed by atoms with van der Waals surface area (Å²) in [7, 11) is -3.84. The molecule has 10 nitrogen and oxygen atoms in total. The zero-order valence-electron chi connectivity index (χ0n) is 22.5. The van der Waals surface area contributed by atoms with Gasteiger partial charge in [-0.15, -0.1) is 11.3 Å². The first-order valence-corrected chi connectivity index (χ1v) is 15.6. The second kappa shape index (κ2) is 10.1. The Morgan fingerprint density at radius 3 is 2.48 bits per heavy atom. The fourth-order valence-corrected chi connectivity index (χ4v) is 8.13. The fraction of sp³-hybridized carbons (Fsp3) is 0.393. The molecule has 1 aliphatic heterocycles. The summed E-state index contributed by atoms with van der Waals surface area (Å²) in [6.07, 6.45) is 6.65. The van der Waals surface area contributed by atoms with E-state index in [4.69, 9.17) is 0 Å². The van der Waals surface area contributed by atoms with Crippen LogP contribution in [0.3, 0.4) is 0 Å². The Bertz CT molecular complexity index is 1800. The number of carbonyl (C=O) groups excluding carboxylic acids is 1. The highest BCUT2D eigenvalue weighted by Crippen LogP contribution is 2.39. The van der Waals surface area contributed by atoms with Crippen LogP contribution in [0.15, 0.2) is 45.8 Å². The van der Waals surface area contributed by atoms with Crippen molar-refractivity contribution in [2.45, 2.75) is 56.7 Å². The first kappa shape index (κ1) is 26.6. The molecule has 0 radical (unpaired) electrons. The van der Waals surface area contributed by atoms with E-state index in [9.17, 15) is 18.0 Å². The van der Waals surface area contributed by atoms with Gasteiger partial charge in [0.15, 0.2) is 4.21 Å². The van der Waals surface area contributed by atoms with Gasteiger partial charge in [-0.3, -0.25) is 23.9 Å². The van der Waals surface area contributed by atoms with Gasteiger partial charge in [-0.1, -0.05) is 6.07 Å². The number of likely N-dealkylation sites (tertiary alicyclic amines) is 1. The minimum absolute atomic E-state index is 0.0319. The predicted molar refractivity (Wildman–Crippen MR) is 154 cm³/mol. The molecule has 1 saturated carbocycles. The first-order chi connectivity index (χ1) is 19.1. The Morgan fingerprint density at radius 1 is 1.02 bits per heavy atom. The molecule has 1 N–H and O–H groups in total. The molecule has 3 aromatic heterocycles. The number of pyridine rings is 1. The van der Waals surface area contributed by atoms with Crippen LogP contribution in [0.5, 0.6) is 0 Å². The van der Waals surface area contributed by atoms with Gasteiger partial charge in [0.1, 0.15) is 0 Å². The molecule has 0 spiro atoms. The first-order valence-electron chi connectivity index (χ1n) is 13.3. The number of nitrogens with zero attached hydrogens (tertiary/aromatic N) is 5. The number of hydrogen-bond acceptors (Lipinski definition) is 8. The Labute approximate surface area is 236 Å². The average Bonchev–Trinajstić information content (AvgIpc) is 3.55. The molecule has 4 aromatic rings. The van der Waals surface area contributed by atoms with Crippen LogP contribution in [0.2, 0.25) is 0 Å². The van der Waals surface area contributed by atoms with Crippen molar-refractivity contribution >= 4 is 43.9 Å². The van der Waals surface area contributed by atoms with Crippen molar-refractivity contribution in [3.05, 3.63) is 63.5 Å². The largest absolute Gasteiger partial charge is 0.342 e. The number of thiazole rings is 1. The third kappa shape index (κ3) is 4.79. The van der Waals surface area contributed by atoms with E-state index in [-0.39, 0.29) is 27.6 Å². The molecule has 40 heavy (non-hydrogen) atoms. The van der Waals surface area contributed by atoms with Gasteiger partial charge in [0.2, 0.25) is 5.91 Å². The summed E-state index contributed by atoms with van der Waals surface area (Å²) in [4.78, 5) is 41.3. The standard InChI is InChI=1S/C28H30N6O4S2/c1-16-25(32-40(37,38)28-17(2)31-18(3)39-28)13-21(14-29-16)19-6-7-24-23(12-19)27(36)34(15-30-24)22-10-20(11-22)26(35)33-8-4-5-9-33/h6-7,12-15,20,22,32H,4-5,8-11H2,1-3H3. The molecular formula is C28H30N6O4S2. The molecule has 2 fully saturated rings. The third-order valence-electron chi connectivity index (χ3n) is 7.83. The molecule has 0 atom stereocenters. The fourth-order valence-electron chi connectivity index (χ4n) is 5.54. The van der Waals surface area contributed by atoms with Crippen LogP contribution >= 0.6 is 11.3 Å². The molecule has 1 aromatic carbocycles.